The van der Waals surface area contributed by atoms with Gasteiger partial charge in [-0.2, -0.15) is 0 Å². The second-order valence-corrected chi connectivity index (χ2v) is 4.97. The molecule has 0 fully saturated rings. The van der Waals surface area contributed by atoms with Crippen LogP contribution in [0.25, 0.3) is 0 Å². The molecule has 4 N–H and O–H groups in total. The van der Waals surface area contributed by atoms with Crippen molar-refractivity contribution in [1.82, 2.24) is 0 Å². The van der Waals surface area contributed by atoms with Gasteiger partial charge in [0.1, 0.15) is 0 Å². The van der Waals surface area contributed by atoms with E-state index in [1.54, 1.807) is 55.5 Å². The van der Waals surface area contributed by atoms with Gasteiger partial charge in [0.25, 0.3) is 11.8 Å². The van der Waals surface area contributed by atoms with E-state index in [2.05, 4.69) is 10.6 Å². The highest BCUT2D eigenvalue weighted by Gasteiger charge is 2.40. The van der Waals surface area contributed by atoms with E-state index in [4.69, 9.17) is 5.73 Å². The summed E-state index contributed by atoms with van der Waals surface area (Å²) in [7, 11) is 0. The second-order valence-electron chi connectivity index (χ2n) is 4.97. The standard InChI is InChI=1S/C17H19N3O2/c1-2-17(18,15(21)19-13-9-5-3-6-10-13)16(22)20-14-11-7-4-8-12-14/h3-12H,2,18H2,1H3,(H,19,21)(H,20,22). The number of nitrogens with two attached hydrogens (primary N) is 1. The van der Waals surface area contributed by atoms with Gasteiger partial charge in [0, 0.05) is 11.4 Å². The molecule has 2 rings (SSSR count). The van der Waals surface area contributed by atoms with Crippen LogP contribution in [-0.2, 0) is 9.59 Å². The molecule has 2 aromatic carbocycles. The molecule has 0 aliphatic carbocycles. The lowest BCUT2D eigenvalue weighted by Crippen LogP contribution is -2.59. The Bertz CT molecular complexity index is 588. The fourth-order valence-electron chi connectivity index (χ4n) is 1.95. The maximum atomic E-state index is 12.4. The summed E-state index contributed by atoms with van der Waals surface area (Å²) in [6.07, 6.45) is 0.185. The predicted molar refractivity (Wildman–Crippen MR) is 87.4 cm³/mol. The van der Waals surface area contributed by atoms with Gasteiger partial charge in [0.2, 0.25) is 0 Å². The quantitative estimate of drug-likeness (QED) is 0.741. The molecule has 0 atom stereocenters. The summed E-state index contributed by atoms with van der Waals surface area (Å²) in [5.41, 5.74) is 5.62. The minimum absolute atomic E-state index is 0.185. The summed E-state index contributed by atoms with van der Waals surface area (Å²) in [5.74, 6) is -1.07. The lowest BCUT2D eigenvalue weighted by atomic mass is 9.94. The normalized spacial score (nSPS) is 10.8. The first-order valence-electron chi connectivity index (χ1n) is 7.08. The maximum Gasteiger partial charge on any atom is 0.254 e. The number of benzene rings is 2. The van der Waals surface area contributed by atoms with Gasteiger partial charge in [0.15, 0.2) is 5.54 Å². The van der Waals surface area contributed by atoms with Crippen LogP contribution in [0.1, 0.15) is 13.3 Å². The van der Waals surface area contributed by atoms with Crippen molar-refractivity contribution in [3.05, 3.63) is 60.7 Å². The van der Waals surface area contributed by atoms with Crippen molar-refractivity contribution in [3.63, 3.8) is 0 Å². The van der Waals surface area contributed by atoms with Gasteiger partial charge < -0.3 is 16.4 Å². The van der Waals surface area contributed by atoms with Gasteiger partial charge in [-0.25, -0.2) is 0 Å². The largest absolute Gasteiger partial charge is 0.324 e. The molecule has 0 unspecified atom stereocenters. The van der Waals surface area contributed by atoms with Gasteiger partial charge in [0.05, 0.1) is 0 Å². The van der Waals surface area contributed by atoms with Crippen molar-refractivity contribution >= 4 is 23.2 Å². The summed E-state index contributed by atoms with van der Waals surface area (Å²) < 4.78 is 0. The average molecular weight is 297 g/mol. The molecule has 5 nitrogen and oxygen atoms in total. The first kappa shape index (κ1) is 15.7. The molecule has 2 aromatic rings. The van der Waals surface area contributed by atoms with Crippen LogP contribution in [0, 0.1) is 0 Å². The van der Waals surface area contributed by atoms with Crippen molar-refractivity contribution in [3.8, 4) is 0 Å². The van der Waals surface area contributed by atoms with Gasteiger partial charge in [-0.3, -0.25) is 9.59 Å². The third-order valence-corrected chi connectivity index (χ3v) is 3.43. The van der Waals surface area contributed by atoms with E-state index in [-0.39, 0.29) is 6.42 Å². The molecule has 0 bridgehead atoms. The molecule has 0 aromatic heterocycles. The van der Waals surface area contributed by atoms with Crippen molar-refractivity contribution in [1.29, 1.82) is 0 Å². The minimum Gasteiger partial charge on any atom is -0.324 e. The van der Waals surface area contributed by atoms with Crippen LogP contribution in [0.4, 0.5) is 11.4 Å². The van der Waals surface area contributed by atoms with E-state index >= 15 is 0 Å². The Labute approximate surface area is 129 Å². The van der Waals surface area contributed by atoms with Gasteiger partial charge in [-0.15, -0.1) is 0 Å². The highest BCUT2D eigenvalue weighted by atomic mass is 16.2. The molecule has 5 heteroatoms. The molecule has 2 amide bonds. The molecule has 0 aliphatic heterocycles. The number of amides is 2. The Balaban J connectivity index is 2.13. The maximum absolute atomic E-state index is 12.4. The first-order valence-corrected chi connectivity index (χ1v) is 7.08. The Morgan fingerprint density at radius 3 is 1.55 bits per heavy atom. The number of carbonyl (C=O) groups is 2. The lowest BCUT2D eigenvalue weighted by Gasteiger charge is -2.25. The minimum atomic E-state index is -1.63. The van der Waals surface area contributed by atoms with Crippen LogP contribution in [0.2, 0.25) is 0 Å². The van der Waals surface area contributed by atoms with Crippen molar-refractivity contribution in [2.45, 2.75) is 18.9 Å². The first-order chi connectivity index (χ1) is 10.6. The van der Waals surface area contributed by atoms with Gasteiger partial charge in [-0.1, -0.05) is 43.3 Å². The molecule has 0 aliphatic rings. The summed E-state index contributed by atoms with van der Waals surface area (Å²) in [5, 5.41) is 5.35. The summed E-state index contributed by atoms with van der Waals surface area (Å²) in [6, 6.07) is 17.8. The molecule has 0 radical (unpaired) electrons. The monoisotopic (exact) mass is 297 g/mol. The smallest absolute Gasteiger partial charge is 0.254 e. The van der Waals surface area contributed by atoms with E-state index in [9.17, 15) is 9.59 Å². The number of carbonyl (C=O) groups excluding carboxylic acids is 2. The second kappa shape index (κ2) is 6.87. The zero-order chi connectivity index (χ0) is 16.0. The summed E-state index contributed by atoms with van der Waals surface area (Å²) in [4.78, 5) is 24.8. The fraction of sp³-hybridized carbons (Fsp3) is 0.176. The number of rotatable bonds is 5. The fourth-order valence-corrected chi connectivity index (χ4v) is 1.95. The highest BCUT2D eigenvalue weighted by molar-refractivity contribution is 6.18. The summed E-state index contributed by atoms with van der Waals surface area (Å²) >= 11 is 0. The highest BCUT2D eigenvalue weighted by Crippen LogP contribution is 2.15. The molecular weight excluding hydrogens is 278 g/mol. The molecule has 0 spiro atoms. The Morgan fingerprint density at radius 1 is 0.864 bits per heavy atom. The third-order valence-electron chi connectivity index (χ3n) is 3.43. The molecule has 0 saturated heterocycles. The van der Waals surface area contributed by atoms with E-state index in [1.807, 2.05) is 12.1 Å². The van der Waals surface area contributed by atoms with Crippen LogP contribution in [0.3, 0.4) is 0 Å². The van der Waals surface area contributed by atoms with E-state index in [1.165, 1.54) is 0 Å². The molecular formula is C17H19N3O2. The van der Waals surface area contributed by atoms with Crippen LogP contribution >= 0.6 is 0 Å². The van der Waals surface area contributed by atoms with Crippen LogP contribution < -0.4 is 16.4 Å². The SMILES string of the molecule is CCC(N)(C(=O)Nc1ccccc1)C(=O)Nc1ccccc1. The Kier molecular flexibility index (Phi) is 4.91. The van der Waals surface area contributed by atoms with Crippen molar-refractivity contribution in [2.75, 3.05) is 10.6 Å². The number of para-hydroxylation sites is 2. The zero-order valence-corrected chi connectivity index (χ0v) is 12.4. The van der Waals surface area contributed by atoms with Gasteiger partial charge in [-0.05, 0) is 30.7 Å². The van der Waals surface area contributed by atoms with Gasteiger partial charge >= 0.3 is 0 Å². The van der Waals surface area contributed by atoms with Crippen LogP contribution in [0.15, 0.2) is 60.7 Å². The van der Waals surface area contributed by atoms with E-state index < -0.39 is 17.4 Å². The lowest BCUT2D eigenvalue weighted by molar-refractivity contribution is -0.131. The molecule has 0 heterocycles. The Hall–Kier alpha value is -2.66. The number of hydrogen-bond acceptors (Lipinski definition) is 3. The van der Waals surface area contributed by atoms with Crippen molar-refractivity contribution < 1.29 is 9.59 Å². The topological polar surface area (TPSA) is 84.2 Å². The molecule has 114 valence electrons. The molecule has 22 heavy (non-hydrogen) atoms. The van der Waals surface area contributed by atoms with Crippen LogP contribution in [0.5, 0.6) is 0 Å². The Morgan fingerprint density at radius 2 is 1.23 bits per heavy atom. The van der Waals surface area contributed by atoms with Crippen molar-refractivity contribution in [2.24, 2.45) is 5.73 Å². The third kappa shape index (κ3) is 3.51. The van der Waals surface area contributed by atoms with E-state index in [0.717, 1.165) is 0 Å². The molecule has 0 saturated carbocycles. The predicted octanol–water partition coefficient (Wildman–Crippen LogP) is 2.37. The number of anilines is 2. The van der Waals surface area contributed by atoms with Crippen LogP contribution in [-0.4, -0.2) is 17.4 Å². The zero-order valence-electron chi connectivity index (χ0n) is 12.4. The number of hydrogen-bond donors (Lipinski definition) is 3. The summed E-state index contributed by atoms with van der Waals surface area (Å²) in [6.45, 7) is 1.70. The average Bonchev–Trinajstić information content (AvgIpc) is 2.55. The number of nitrogens with one attached hydrogen (secondary N) is 2. The van der Waals surface area contributed by atoms with E-state index in [0.29, 0.717) is 11.4 Å².